The fourth-order valence-corrected chi connectivity index (χ4v) is 2.14. The van der Waals surface area contributed by atoms with Gasteiger partial charge in [-0.2, -0.15) is 8.42 Å². The molecule has 1 rings (SSSR count). The molecule has 0 aliphatic carbocycles. The number of halogens is 1. The van der Waals surface area contributed by atoms with Crippen LogP contribution in [-0.4, -0.2) is 30.7 Å². The molecule has 5 nitrogen and oxygen atoms in total. The molecule has 0 spiro atoms. The van der Waals surface area contributed by atoms with Crippen molar-refractivity contribution in [2.75, 3.05) is 12.4 Å². The zero-order valence-electron chi connectivity index (χ0n) is 8.84. The maximum atomic E-state index is 12.2. The summed E-state index contributed by atoms with van der Waals surface area (Å²) in [4.78, 5) is 11.7. The van der Waals surface area contributed by atoms with Crippen molar-refractivity contribution in [3.05, 3.63) is 29.8 Å². The van der Waals surface area contributed by atoms with Crippen molar-refractivity contribution < 1.29 is 22.2 Å². The Labute approximate surface area is 98.2 Å². The topological polar surface area (TPSA) is 97.5 Å². The van der Waals surface area contributed by atoms with E-state index in [9.17, 15) is 17.6 Å². The second-order valence-corrected chi connectivity index (χ2v) is 5.07. The van der Waals surface area contributed by atoms with Crippen molar-refractivity contribution >= 4 is 21.6 Å². The first kappa shape index (κ1) is 13.6. The monoisotopic (exact) mass is 261 g/mol. The zero-order chi connectivity index (χ0) is 13.1. The van der Waals surface area contributed by atoms with E-state index in [0.717, 1.165) is 0 Å². The van der Waals surface area contributed by atoms with E-state index in [0.29, 0.717) is 5.69 Å². The summed E-state index contributed by atoms with van der Waals surface area (Å²) in [5.74, 6) is -0.842. The molecule has 0 amide bonds. The molecule has 3 N–H and O–H groups in total. The molecule has 0 aliphatic heterocycles. The highest BCUT2D eigenvalue weighted by molar-refractivity contribution is 7.87. The summed E-state index contributed by atoms with van der Waals surface area (Å²) in [7, 11) is -4.61. The molecule has 94 valence electrons. The Morgan fingerprint density at radius 2 is 1.88 bits per heavy atom. The molecule has 7 heteroatoms. The number of nitrogens with two attached hydrogens (primary N) is 1. The number of carbonyl (C=O) groups excluding carboxylic acids is 1. The first-order chi connectivity index (χ1) is 7.86. The smallest absolute Gasteiger partial charge is 0.275 e. The Hall–Kier alpha value is -1.47. The summed E-state index contributed by atoms with van der Waals surface area (Å²) < 4.78 is 42.9. The number of ketones is 1. The lowest BCUT2D eigenvalue weighted by molar-refractivity contribution is 0.0978. The minimum absolute atomic E-state index is 0.0651. The Morgan fingerprint density at radius 1 is 1.35 bits per heavy atom. The predicted octanol–water partition coefficient (Wildman–Crippen LogP) is 1.07. The first-order valence-electron chi connectivity index (χ1n) is 4.78. The summed E-state index contributed by atoms with van der Waals surface area (Å²) in [5, 5.41) is -1.77. The van der Waals surface area contributed by atoms with Crippen molar-refractivity contribution in [1.29, 1.82) is 0 Å². The van der Waals surface area contributed by atoms with E-state index in [1.807, 2.05) is 0 Å². The number of hydrogen-bond acceptors (Lipinski definition) is 4. The predicted molar refractivity (Wildman–Crippen MR) is 61.1 cm³/mol. The van der Waals surface area contributed by atoms with Crippen LogP contribution in [0.3, 0.4) is 0 Å². The van der Waals surface area contributed by atoms with Gasteiger partial charge >= 0.3 is 0 Å². The molecule has 1 aromatic rings. The molecule has 0 aromatic heterocycles. The van der Waals surface area contributed by atoms with Gasteiger partial charge in [0.15, 0.2) is 11.0 Å². The molecule has 0 saturated carbocycles. The third kappa shape index (κ3) is 3.50. The van der Waals surface area contributed by atoms with Crippen LogP contribution in [0.4, 0.5) is 10.1 Å². The molecule has 0 heterocycles. The fraction of sp³-hybridized carbons (Fsp3) is 0.300. The van der Waals surface area contributed by atoms with Crippen molar-refractivity contribution in [3.63, 3.8) is 0 Å². The molecular weight excluding hydrogens is 249 g/mol. The van der Waals surface area contributed by atoms with Gasteiger partial charge in [-0.15, -0.1) is 0 Å². The number of alkyl halides is 1. The quantitative estimate of drug-likeness (QED) is 0.469. The summed E-state index contributed by atoms with van der Waals surface area (Å²) in [6, 6.07) is 5.50. The van der Waals surface area contributed by atoms with Gasteiger partial charge in [0.25, 0.3) is 10.1 Å². The lowest BCUT2D eigenvalue weighted by Crippen LogP contribution is -2.30. The van der Waals surface area contributed by atoms with Crippen LogP contribution < -0.4 is 5.73 Å². The van der Waals surface area contributed by atoms with E-state index in [2.05, 4.69) is 0 Å². The summed E-state index contributed by atoms with van der Waals surface area (Å²) in [5.41, 5.74) is 5.89. The highest BCUT2D eigenvalue weighted by Gasteiger charge is 2.31. The second-order valence-electron chi connectivity index (χ2n) is 3.47. The average molecular weight is 261 g/mol. The number of rotatable bonds is 5. The Bertz CT molecular complexity index is 498. The van der Waals surface area contributed by atoms with E-state index in [4.69, 9.17) is 10.3 Å². The van der Waals surface area contributed by atoms with Crippen LogP contribution in [0, 0.1) is 0 Å². The molecule has 1 atom stereocenters. The van der Waals surface area contributed by atoms with Gasteiger partial charge in [-0.1, -0.05) is 0 Å². The van der Waals surface area contributed by atoms with Gasteiger partial charge in [0.05, 0.1) is 6.67 Å². The number of Topliss-reactive ketones (excluding diaryl/α,β-unsaturated/α-hetero) is 1. The summed E-state index contributed by atoms with van der Waals surface area (Å²) in [6.45, 7) is -1.01. The van der Waals surface area contributed by atoms with Gasteiger partial charge < -0.3 is 5.73 Å². The Morgan fingerprint density at radius 3 is 2.29 bits per heavy atom. The van der Waals surface area contributed by atoms with Crippen molar-refractivity contribution in [3.8, 4) is 0 Å². The Balaban J connectivity index is 3.04. The van der Waals surface area contributed by atoms with E-state index in [1.54, 1.807) is 0 Å². The number of anilines is 1. The van der Waals surface area contributed by atoms with Crippen LogP contribution in [0.15, 0.2) is 24.3 Å². The highest BCUT2D eigenvalue weighted by atomic mass is 32.2. The highest BCUT2D eigenvalue weighted by Crippen LogP contribution is 2.14. The van der Waals surface area contributed by atoms with Crippen LogP contribution in [-0.2, 0) is 10.1 Å². The molecule has 1 aromatic carbocycles. The van der Waals surface area contributed by atoms with Gasteiger partial charge in [-0.25, -0.2) is 0 Å². The number of benzene rings is 1. The minimum Gasteiger partial charge on any atom is -0.399 e. The number of carbonyl (C=O) groups is 1. The molecule has 0 radical (unpaired) electrons. The fourth-order valence-electron chi connectivity index (χ4n) is 1.35. The van der Waals surface area contributed by atoms with Gasteiger partial charge in [0.1, 0.15) is 0 Å². The first-order valence-corrected chi connectivity index (χ1v) is 6.28. The maximum absolute atomic E-state index is 12.2. The molecule has 0 saturated heterocycles. The van der Waals surface area contributed by atoms with E-state index < -0.39 is 34.2 Å². The number of hydrogen-bond donors (Lipinski definition) is 2. The largest absolute Gasteiger partial charge is 0.399 e. The van der Waals surface area contributed by atoms with Gasteiger partial charge in [0, 0.05) is 17.7 Å². The van der Waals surface area contributed by atoms with E-state index in [-0.39, 0.29) is 5.56 Å². The minimum atomic E-state index is -4.61. The van der Waals surface area contributed by atoms with Gasteiger partial charge in [0.2, 0.25) is 0 Å². The normalized spacial score (nSPS) is 13.3. The van der Waals surface area contributed by atoms with E-state index in [1.165, 1.54) is 24.3 Å². The van der Waals surface area contributed by atoms with Crippen molar-refractivity contribution in [2.45, 2.75) is 11.7 Å². The lowest BCUT2D eigenvalue weighted by atomic mass is 10.1. The maximum Gasteiger partial charge on any atom is 0.275 e. The molecule has 17 heavy (non-hydrogen) atoms. The molecule has 1 unspecified atom stereocenters. The van der Waals surface area contributed by atoms with Crippen LogP contribution in [0.2, 0.25) is 0 Å². The molecule has 0 fully saturated rings. The third-order valence-corrected chi connectivity index (χ3v) is 3.39. The van der Waals surface area contributed by atoms with E-state index >= 15 is 0 Å². The summed E-state index contributed by atoms with van der Waals surface area (Å²) in [6.07, 6.45) is -0.567. The van der Waals surface area contributed by atoms with Gasteiger partial charge in [-0.05, 0) is 24.3 Å². The van der Waals surface area contributed by atoms with Crippen molar-refractivity contribution in [2.24, 2.45) is 0 Å². The Kier molecular flexibility index (Phi) is 4.19. The van der Waals surface area contributed by atoms with Crippen molar-refractivity contribution in [1.82, 2.24) is 0 Å². The molecule has 0 aliphatic rings. The van der Waals surface area contributed by atoms with Crippen LogP contribution in [0.1, 0.15) is 16.8 Å². The zero-order valence-corrected chi connectivity index (χ0v) is 9.65. The number of nitrogen functional groups attached to an aromatic ring is 1. The SMILES string of the molecule is Nc1ccc(C(=O)C(CCF)S(=O)(=O)O)cc1. The third-order valence-electron chi connectivity index (χ3n) is 2.22. The average Bonchev–Trinajstić information content (AvgIpc) is 2.24. The van der Waals surface area contributed by atoms with Crippen LogP contribution in [0.5, 0.6) is 0 Å². The lowest BCUT2D eigenvalue weighted by Gasteiger charge is -2.10. The van der Waals surface area contributed by atoms with Gasteiger partial charge in [-0.3, -0.25) is 13.7 Å². The molecular formula is C10H12FNO4S. The summed E-state index contributed by atoms with van der Waals surface area (Å²) >= 11 is 0. The standard InChI is InChI=1S/C10H12FNO4S/c11-6-5-9(17(14,15)16)10(13)7-1-3-8(12)4-2-7/h1-4,9H,5-6,12H2,(H,14,15,16). The second kappa shape index (κ2) is 5.24. The van der Waals surface area contributed by atoms with Crippen LogP contribution >= 0.6 is 0 Å². The molecule has 0 bridgehead atoms. The van der Waals surface area contributed by atoms with Crippen LogP contribution in [0.25, 0.3) is 0 Å².